The number of pyridine rings is 1. The molecule has 2 aromatic heterocycles. The summed E-state index contributed by atoms with van der Waals surface area (Å²) in [6.07, 6.45) is 1.65. The van der Waals surface area contributed by atoms with E-state index in [1.807, 2.05) is 19.1 Å². The fourth-order valence-corrected chi connectivity index (χ4v) is 2.40. The number of aryl methyl sites for hydroxylation is 2. The molecule has 0 N–H and O–H groups in total. The summed E-state index contributed by atoms with van der Waals surface area (Å²) in [4.78, 5) is 25.5. The van der Waals surface area contributed by atoms with Gasteiger partial charge in [-0.15, -0.1) is 11.3 Å². The van der Waals surface area contributed by atoms with Crippen LogP contribution in [0.1, 0.15) is 20.1 Å². The Bertz CT molecular complexity index is 610. The first kappa shape index (κ1) is 11.8. The van der Waals surface area contributed by atoms with Gasteiger partial charge in [0.05, 0.1) is 11.4 Å². The summed E-state index contributed by atoms with van der Waals surface area (Å²) in [7, 11) is 0. The van der Waals surface area contributed by atoms with E-state index in [2.05, 4.69) is 0 Å². The lowest BCUT2D eigenvalue weighted by Crippen LogP contribution is -2.24. The lowest BCUT2D eigenvalue weighted by Gasteiger charge is -2.04. The summed E-state index contributed by atoms with van der Waals surface area (Å²) in [5.74, 6) is -0.0178. The van der Waals surface area contributed by atoms with Crippen LogP contribution < -0.4 is 5.56 Å². The van der Waals surface area contributed by atoms with Crippen molar-refractivity contribution in [3.05, 3.63) is 56.1 Å². The standard InChI is InChI=1S/C13H13NO2S/c1-9-4-3-7-14(13(9)16)8-11(15)12-6-5-10(2)17-12/h3-7H,8H2,1-2H3. The molecule has 2 aromatic rings. The van der Waals surface area contributed by atoms with E-state index >= 15 is 0 Å². The van der Waals surface area contributed by atoms with Gasteiger partial charge < -0.3 is 4.57 Å². The van der Waals surface area contributed by atoms with E-state index in [-0.39, 0.29) is 17.9 Å². The van der Waals surface area contributed by atoms with Crippen molar-refractivity contribution >= 4 is 17.1 Å². The zero-order chi connectivity index (χ0) is 12.4. The molecule has 0 radical (unpaired) electrons. The highest BCUT2D eigenvalue weighted by molar-refractivity contribution is 7.14. The van der Waals surface area contributed by atoms with Crippen molar-refractivity contribution in [2.75, 3.05) is 0 Å². The third-order valence-electron chi connectivity index (χ3n) is 2.54. The van der Waals surface area contributed by atoms with Gasteiger partial charge in [0, 0.05) is 16.6 Å². The molecule has 0 aliphatic carbocycles. The molecule has 88 valence electrons. The normalized spacial score (nSPS) is 10.5. The fraction of sp³-hybridized carbons (Fsp3) is 0.231. The molecule has 0 saturated heterocycles. The Morgan fingerprint density at radius 2 is 2.06 bits per heavy atom. The number of nitrogens with zero attached hydrogens (tertiary/aromatic N) is 1. The van der Waals surface area contributed by atoms with E-state index in [0.717, 1.165) is 4.88 Å². The van der Waals surface area contributed by atoms with Crippen molar-refractivity contribution < 1.29 is 4.79 Å². The molecule has 3 nitrogen and oxygen atoms in total. The van der Waals surface area contributed by atoms with Crippen LogP contribution in [-0.2, 0) is 6.54 Å². The zero-order valence-corrected chi connectivity index (χ0v) is 10.6. The Labute approximate surface area is 103 Å². The average molecular weight is 247 g/mol. The van der Waals surface area contributed by atoms with Gasteiger partial charge in [0.15, 0.2) is 5.78 Å². The van der Waals surface area contributed by atoms with Crippen molar-refractivity contribution in [2.24, 2.45) is 0 Å². The fourth-order valence-electron chi connectivity index (χ4n) is 1.60. The van der Waals surface area contributed by atoms with E-state index in [4.69, 9.17) is 0 Å². The van der Waals surface area contributed by atoms with Crippen LogP contribution >= 0.6 is 11.3 Å². The average Bonchev–Trinajstić information content (AvgIpc) is 2.72. The van der Waals surface area contributed by atoms with Crippen molar-refractivity contribution in [1.82, 2.24) is 4.57 Å². The van der Waals surface area contributed by atoms with Crippen LogP contribution in [0, 0.1) is 13.8 Å². The number of hydrogen-bond donors (Lipinski definition) is 0. The lowest BCUT2D eigenvalue weighted by atomic mass is 10.3. The van der Waals surface area contributed by atoms with E-state index in [1.165, 1.54) is 15.9 Å². The number of Topliss-reactive ketones (excluding diaryl/α,β-unsaturated/α-hetero) is 1. The van der Waals surface area contributed by atoms with Crippen molar-refractivity contribution in [2.45, 2.75) is 20.4 Å². The van der Waals surface area contributed by atoms with Crippen molar-refractivity contribution in [3.8, 4) is 0 Å². The van der Waals surface area contributed by atoms with Gasteiger partial charge in [0.25, 0.3) is 5.56 Å². The largest absolute Gasteiger partial charge is 0.307 e. The molecule has 0 spiro atoms. The molecule has 0 aliphatic heterocycles. The second kappa shape index (κ2) is 4.67. The van der Waals surface area contributed by atoms with Gasteiger partial charge in [-0.3, -0.25) is 9.59 Å². The number of thiophene rings is 1. The molecule has 0 bridgehead atoms. The van der Waals surface area contributed by atoms with Gasteiger partial charge >= 0.3 is 0 Å². The molecule has 0 saturated carbocycles. The predicted octanol–water partition coefficient (Wildman–Crippen LogP) is 2.41. The van der Waals surface area contributed by atoms with Gasteiger partial charge in [-0.2, -0.15) is 0 Å². The van der Waals surface area contributed by atoms with Gasteiger partial charge in [-0.25, -0.2) is 0 Å². The summed E-state index contributed by atoms with van der Waals surface area (Å²) in [5.41, 5.74) is 0.553. The maximum Gasteiger partial charge on any atom is 0.253 e. The van der Waals surface area contributed by atoms with Crippen LogP contribution in [0.3, 0.4) is 0 Å². The van der Waals surface area contributed by atoms with Crippen LogP contribution in [0.4, 0.5) is 0 Å². The van der Waals surface area contributed by atoms with Gasteiger partial charge in [-0.1, -0.05) is 6.07 Å². The Hall–Kier alpha value is -1.68. The van der Waals surface area contributed by atoms with Crippen LogP contribution in [0.2, 0.25) is 0 Å². The quantitative estimate of drug-likeness (QED) is 0.781. The van der Waals surface area contributed by atoms with E-state index < -0.39 is 0 Å². The summed E-state index contributed by atoms with van der Waals surface area (Å²) in [6, 6.07) is 7.25. The van der Waals surface area contributed by atoms with Gasteiger partial charge in [0.1, 0.15) is 0 Å². The van der Waals surface area contributed by atoms with Gasteiger partial charge in [0.2, 0.25) is 0 Å². The summed E-state index contributed by atoms with van der Waals surface area (Å²) in [5, 5.41) is 0. The smallest absolute Gasteiger partial charge is 0.253 e. The minimum Gasteiger partial charge on any atom is -0.307 e. The minimum absolute atomic E-state index is 0.0178. The maximum absolute atomic E-state index is 11.9. The number of aromatic nitrogens is 1. The molecule has 0 aromatic carbocycles. The second-order valence-electron chi connectivity index (χ2n) is 3.96. The summed E-state index contributed by atoms with van der Waals surface area (Å²) >= 11 is 1.46. The third kappa shape index (κ3) is 2.53. The Morgan fingerprint density at radius 1 is 1.29 bits per heavy atom. The number of carbonyl (C=O) groups is 1. The summed E-state index contributed by atoms with van der Waals surface area (Å²) < 4.78 is 1.45. The Kier molecular flexibility index (Phi) is 3.24. The molecule has 17 heavy (non-hydrogen) atoms. The van der Waals surface area contributed by atoms with Crippen LogP contribution in [-0.4, -0.2) is 10.4 Å². The highest BCUT2D eigenvalue weighted by atomic mass is 32.1. The monoisotopic (exact) mass is 247 g/mol. The highest BCUT2D eigenvalue weighted by Gasteiger charge is 2.10. The topological polar surface area (TPSA) is 39.1 Å². The molecule has 0 atom stereocenters. The number of ketones is 1. The molecule has 2 rings (SSSR count). The molecule has 0 amide bonds. The molecule has 0 aliphatic rings. The molecule has 4 heteroatoms. The van der Waals surface area contributed by atoms with Gasteiger partial charge in [-0.05, 0) is 32.0 Å². The Balaban J connectivity index is 2.25. The Morgan fingerprint density at radius 3 is 2.71 bits per heavy atom. The highest BCUT2D eigenvalue weighted by Crippen LogP contribution is 2.15. The first-order chi connectivity index (χ1) is 8.08. The first-order valence-corrected chi connectivity index (χ1v) is 6.15. The molecule has 2 heterocycles. The zero-order valence-electron chi connectivity index (χ0n) is 9.77. The first-order valence-electron chi connectivity index (χ1n) is 5.33. The maximum atomic E-state index is 11.9. The number of carbonyl (C=O) groups excluding carboxylic acids is 1. The van der Waals surface area contributed by atoms with Crippen LogP contribution in [0.5, 0.6) is 0 Å². The SMILES string of the molecule is Cc1ccc(C(=O)Cn2cccc(C)c2=O)s1. The minimum atomic E-state index is -0.103. The van der Waals surface area contributed by atoms with E-state index in [0.29, 0.717) is 10.4 Å². The number of hydrogen-bond acceptors (Lipinski definition) is 3. The predicted molar refractivity (Wildman–Crippen MR) is 68.8 cm³/mol. The molecular weight excluding hydrogens is 234 g/mol. The number of rotatable bonds is 3. The molecule has 0 fully saturated rings. The molecule has 0 unspecified atom stereocenters. The van der Waals surface area contributed by atoms with Crippen LogP contribution in [0.15, 0.2) is 35.3 Å². The second-order valence-corrected chi connectivity index (χ2v) is 5.25. The van der Waals surface area contributed by atoms with E-state index in [9.17, 15) is 9.59 Å². The molecular formula is C13H13NO2S. The van der Waals surface area contributed by atoms with Crippen molar-refractivity contribution in [3.63, 3.8) is 0 Å². The van der Waals surface area contributed by atoms with Crippen molar-refractivity contribution in [1.29, 1.82) is 0 Å². The lowest BCUT2D eigenvalue weighted by molar-refractivity contribution is 0.0975. The van der Waals surface area contributed by atoms with Crippen LogP contribution in [0.25, 0.3) is 0 Å². The summed E-state index contributed by atoms with van der Waals surface area (Å²) in [6.45, 7) is 3.82. The van der Waals surface area contributed by atoms with E-state index in [1.54, 1.807) is 25.3 Å². The third-order valence-corrected chi connectivity index (χ3v) is 3.58.